The molecule has 3 amide bonds. The van der Waals surface area contributed by atoms with Crippen molar-refractivity contribution in [2.24, 2.45) is 5.92 Å². The molecule has 4 rings (SSSR count). The Bertz CT molecular complexity index is 940. The summed E-state index contributed by atoms with van der Waals surface area (Å²) in [5, 5.41) is 2.28. The number of nitrogens with zero attached hydrogens (tertiary/aromatic N) is 1. The minimum Gasteiger partial charge on any atom is -0.493 e. The molecule has 1 aromatic carbocycles. The maximum absolute atomic E-state index is 12.7. The molecule has 2 aliphatic carbocycles. The first-order chi connectivity index (χ1) is 14.8. The van der Waals surface area contributed by atoms with E-state index in [2.05, 4.69) is 10.0 Å². The fourth-order valence-electron chi connectivity index (χ4n) is 3.95. The number of hydrogen-bond acceptors (Lipinski definition) is 5. The van der Waals surface area contributed by atoms with Gasteiger partial charge in [0.25, 0.3) is 5.91 Å². The number of benzene rings is 1. The average Bonchev–Trinajstić information content (AvgIpc) is 3.64. The second-order valence-electron chi connectivity index (χ2n) is 9.01. The highest BCUT2D eigenvalue weighted by molar-refractivity contribution is 7.89. The lowest BCUT2D eigenvalue weighted by atomic mass is 10.1. The summed E-state index contributed by atoms with van der Waals surface area (Å²) in [5.74, 6) is 1.23. The van der Waals surface area contributed by atoms with Crippen molar-refractivity contribution in [1.29, 1.82) is 0 Å². The first-order valence-electron chi connectivity index (χ1n) is 11.1. The van der Waals surface area contributed by atoms with Crippen LogP contribution in [0.3, 0.4) is 0 Å². The van der Waals surface area contributed by atoms with Crippen molar-refractivity contribution in [3.05, 3.63) is 29.8 Å². The van der Waals surface area contributed by atoms with E-state index in [1.54, 1.807) is 6.92 Å². The summed E-state index contributed by atoms with van der Waals surface area (Å²) >= 11 is 0. The van der Waals surface area contributed by atoms with Crippen LogP contribution in [0.2, 0.25) is 0 Å². The number of carbonyl (C=O) groups excluding carboxylic acids is 2. The van der Waals surface area contributed by atoms with Crippen molar-refractivity contribution in [3.8, 4) is 5.75 Å². The first kappa shape index (κ1) is 22.1. The number of nitrogens with one attached hydrogen (secondary N) is 2. The molecule has 1 heterocycles. The maximum atomic E-state index is 12.7. The third-order valence-electron chi connectivity index (χ3n) is 6.32. The number of imide groups is 1. The van der Waals surface area contributed by atoms with Crippen LogP contribution in [-0.2, 0) is 20.4 Å². The van der Waals surface area contributed by atoms with E-state index < -0.39 is 21.6 Å². The van der Waals surface area contributed by atoms with Crippen LogP contribution in [0.5, 0.6) is 5.75 Å². The molecule has 170 valence electrons. The highest BCUT2D eigenvalue weighted by Gasteiger charge is 2.47. The van der Waals surface area contributed by atoms with E-state index in [0.29, 0.717) is 31.7 Å². The van der Waals surface area contributed by atoms with Gasteiger partial charge in [-0.15, -0.1) is 0 Å². The van der Waals surface area contributed by atoms with Crippen LogP contribution in [0.4, 0.5) is 4.79 Å². The summed E-state index contributed by atoms with van der Waals surface area (Å²) in [6.45, 7) is 2.87. The molecule has 0 spiro atoms. The van der Waals surface area contributed by atoms with Crippen LogP contribution in [0, 0.1) is 5.92 Å². The van der Waals surface area contributed by atoms with Crippen molar-refractivity contribution in [2.75, 3.05) is 18.9 Å². The largest absolute Gasteiger partial charge is 0.493 e. The Labute approximate surface area is 183 Å². The smallest absolute Gasteiger partial charge is 0.324 e. The lowest BCUT2D eigenvalue weighted by Crippen LogP contribution is -2.36. The van der Waals surface area contributed by atoms with Gasteiger partial charge in [-0.2, -0.15) is 0 Å². The first-order valence-corrected chi connectivity index (χ1v) is 12.8. The van der Waals surface area contributed by atoms with Gasteiger partial charge in [-0.3, -0.25) is 10.1 Å². The van der Waals surface area contributed by atoms with Crippen LogP contribution in [0.15, 0.2) is 24.3 Å². The van der Waals surface area contributed by atoms with Crippen molar-refractivity contribution in [1.82, 2.24) is 14.9 Å². The van der Waals surface area contributed by atoms with Gasteiger partial charge in [0.2, 0.25) is 10.0 Å². The Morgan fingerprint density at radius 2 is 1.97 bits per heavy atom. The number of sulfonamides is 1. The highest BCUT2D eigenvalue weighted by Crippen LogP contribution is 2.47. The summed E-state index contributed by atoms with van der Waals surface area (Å²) in [5.41, 5.74) is 0.448. The van der Waals surface area contributed by atoms with E-state index in [4.69, 9.17) is 4.74 Å². The molecule has 0 radical (unpaired) electrons. The molecule has 8 nitrogen and oxygen atoms in total. The van der Waals surface area contributed by atoms with Crippen LogP contribution >= 0.6 is 0 Å². The van der Waals surface area contributed by atoms with Gasteiger partial charge in [-0.25, -0.2) is 17.9 Å². The van der Waals surface area contributed by atoms with Crippen molar-refractivity contribution in [3.63, 3.8) is 0 Å². The molecule has 1 aromatic rings. The topological polar surface area (TPSA) is 105 Å². The number of hydrogen-bond donors (Lipinski definition) is 2. The van der Waals surface area contributed by atoms with Crippen molar-refractivity contribution in [2.45, 2.75) is 63.5 Å². The number of urea groups is 1. The molecular formula is C22H31N3O5S. The quantitative estimate of drug-likeness (QED) is 0.377. The van der Waals surface area contributed by atoms with Crippen LogP contribution < -0.4 is 14.8 Å². The predicted molar refractivity (Wildman–Crippen MR) is 116 cm³/mol. The van der Waals surface area contributed by atoms with Gasteiger partial charge in [0, 0.05) is 6.54 Å². The SMILES string of the molecule is C[C@@H]1C(=O)NC(=O)N1CCCCCS(=O)(=O)NC1(c2cccc(OCC3CC3)c2)CC1. The lowest BCUT2D eigenvalue weighted by molar-refractivity contribution is -0.121. The van der Waals surface area contributed by atoms with Gasteiger partial charge in [0.05, 0.1) is 17.9 Å². The number of amides is 3. The zero-order valence-electron chi connectivity index (χ0n) is 17.9. The molecule has 31 heavy (non-hydrogen) atoms. The van der Waals surface area contributed by atoms with Crippen LogP contribution in [-0.4, -0.2) is 50.2 Å². The molecule has 3 aliphatic rings. The zero-order valence-corrected chi connectivity index (χ0v) is 18.7. The number of rotatable bonds is 12. The Morgan fingerprint density at radius 3 is 2.61 bits per heavy atom. The Balaban J connectivity index is 1.23. The average molecular weight is 450 g/mol. The minimum atomic E-state index is -3.42. The summed E-state index contributed by atoms with van der Waals surface area (Å²) in [4.78, 5) is 24.7. The fraction of sp³-hybridized carbons (Fsp3) is 0.636. The van der Waals surface area contributed by atoms with Crippen molar-refractivity contribution < 1.29 is 22.7 Å². The van der Waals surface area contributed by atoms with E-state index in [9.17, 15) is 18.0 Å². The summed E-state index contributed by atoms with van der Waals surface area (Å²) in [7, 11) is -3.42. The van der Waals surface area contributed by atoms with E-state index in [1.807, 2.05) is 24.3 Å². The fourth-order valence-corrected chi connectivity index (χ4v) is 5.55. The summed E-state index contributed by atoms with van der Waals surface area (Å²) in [6, 6.07) is 6.94. The second kappa shape index (κ2) is 8.78. The monoisotopic (exact) mass is 449 g/mol. The maximum Gasteiger partial charge on any atom is 0.324 e. The number of carbonyl (C=O) groups is 2. The standard InChI is InChI=1S/C22H31N3O5S/c1-16-20(26)23-21(27)25(16)12-3-2-4-13-31(28,29)24-22(10-11-22)18-6-5-7-19(14-18)30-15-17-8-9-17/h5-7,14,16-17,24H,2-4,8-13,15H2,1H3,(H,23,26,27)/t16-/m1/s1. The summed E-state index contributed by atoms with van der Waals surface area (Å²) in [6.07, 6.45) is 5.86. The van der Waals surface area contributed by atoms with E-state index in [-0.39, 0.29) is 17.7 Å². The molecule has 2 saturated carbocycles. The highest BCUT2D eigenvalue weighted by atomic mass is 32.2. The van der Waals surface area contributed by atoms with E-state index in [1.165, 1.54) is 17.7 Å². The normalized spacial score (nSPS) is 22.5. The van der Waals surface area contributed by atoms with Crippen LogP contribution in [0.1, 0.15) is 57.4 Å². The molecule has 0 aromatic heterocycles. The molecule has 3 fully saturated rings. The Morgan fingerprint density at radius 1 is 1.19 bits per heavy atom. The number of ether oxygens (including phenoxy) is 1. The minimum absolute atomic E-state index is 0.0489. The third-order valence-corrected chi connectivity index (χ3v) is 7.85. The summed E-state index contributed by atoms with van der Waals surface area (Å²) < 4.78 is 34.1. The molecule has 9 heteroatoms. The molecule has 1 aliphatic heterocycles. The second-order valence-corrected chi connectivity index (χ2v) is 10.9. The predicted octanol–water partition coefficient (Wildman–Crippen LogP) is 2.49. The zero-order chi connectivity index (χ0) is 22.1. The number of unbranched alkanes of at least 4 members (excludes halogenated alkanes) is 2. The van der Waals surface area contributed by atoms with Gasteiger partial charge in [-0.05, 0) is 69.1 Å². The third kappa shape index (κ3) is 5.57. The Kier molecular flexibility index (Phi) is 6.25. The molecule has 1 atom stereocenters. The van der Waals surface area contributed by atoms with Crippen LogP contribution in [0.25, 0.3) is 0 Å². The Hall–Kier alpha value is -2.13. The lowest BCUT2D eigenvalue weighted by Gasteiger charge is -2.20. The molecule has 0 bridgehead atoms. The molecule has 0 unspecified atom stereocenters. The van der Waals surface area contributed by atoms with Gasteiger partial charge in [-0.1, -0.05) is 18.6 Å². The van der Waals surface area contributed by atoms with Gasteiger partial charge in [0.1, 0.15) is 11.8 Å². The van der Waals surface area contributed by atoms with E-state index >= 15 is 0 Å². The van der Waals surface area contributed by atoms with Crippen molar-refractivity contribution >= 4 is 22.0 Å². The molecule has 1 saturated heterocycles. The molecule has 2 N–H and O–H groups in total. The van der Waals surface area contributed by atoms with Gasteiger partial charge in [0.15, 0.2) is 0 Å². The van der Waals surface area contributed by atoms with Gasteiger partial charge < -0.3 is 9.64 Å². The van der Waals surface area contributed by atoms with Gasteiger partial charge >= 0.3 is 6.03 Å². The molecular weight excluding hydrogens is 418 g/mol. The van der Waals surface area contributed by atoms with E-state index in [0.717, 1.165) is 30.8 Å².